The van der Waals surface area contributed by atoms with Gasteiger partial charge in [-0.1, -0.05) is 19.9 Å². The number of fused-ring (bicyclic) bond motifs is 3. The molecule has 4 rings (SSSR count). The highest BCUT2D eigenvalue weighted by molar-refractivity contribution is 5.84. The second-order valence-corrected chi connectivity index (χ2v) is 8.65. The zero-order chi connectivity index (χ0) is 19.4. The maximum absolute atomic E-state index is 12.8. The first-order valence-electron chi connectivity index (χ1n) is 9.47. The van der Waals surface area contributed by atoms with Gasteiger partial charge in [0.25, 0.3) is 0 Å². The van der Waals surface area contributed by atoms with Gasteiger partial charge in [-0.3, -0.25) is 4.79 Å². The SMILES string of the molecule is COC(=O)[C@@]1(O)C=CC[C@H]2[C@]3(C)C[C@@H](c4ccoc4)OC(=O)[C@H]3CC[C@]21C. The fourth-order valence-corrected chi connectivity index (χ4v) is 5.91. The average Bonchev–Trinajstić information content (AvgIpc) is 3.16. The van der Waals surface area contributed by atoms with E-state index in [-0.39, 0.29) is 23.9 Å². The van der Waals surface area contributed by atoms with Crippen molar-refractivity contribution >= 4 is 11.9 Å². The van der Waals surface area contributed by atoms with Crippen LogP contribution in [-0.4, -0.2) is 29.8 Å². The van der Waals surface area contributed by atoms with Crippen LogP contribution in [0, 0.1) is 22.7 Å². The van der Waals surface area contributed by atoms with E-state index in [0.29, 0.717) is 25.7 Å². The summed E-state index contributed by atoms with van der Waals surface area (Å²) in [7, 11) is 1.29. The lowest BCUT2D eigenvalue weighted by Gasteiger charge is -2.62. The molecule has 1 aliphatic heterocycles. The largest absolute Gasteiger partial charge is 0.472 e. The van der Waals surface area contributed by atoms with Crippen molar-refractivity contribution in [2.24, 2.45) is 22.7 Å². The van der Waals surface area contributed by atoms with E-state index < -0.39 is 22.4 Å². The molecule has 2 fully saturated rings. The first-order chi connectivity index (χ1) is 12.8. The topological polar surface area (TPSA) is 86.0 Å². The highest BCUT2D eigenvalue weighted by Crippen LogP contribution is 2.65. The van der Waals surface area contributed by atoms with Crippen molar-refractivity contribution in [2.75, 3.05) is 7.11 Å². The van der Waals surface area contributed by atoms with Crippen LogP contribution < -0.4 is 0 Å². The van der Waals surface area contributed by atoms with E-state index in [4.69, 9.17) is 13.9 Å². The molecule has 1 aromatic rings. The highest BCUT2D eigenvalue weighted by Gasteiger charge is 2.67. The lowest BCUT2D eigenvalue weighted by molar-refractivity contribution is -0.216. The molecule has 0 aromatic carbocycles. The van der Waals surface area contributed by atoms with Crippen LogP contribution in [0.5, 0.6) is 0 Å². The second-order valence-electron chi connectivity index (χ2n) is 8.65. The lowest BCUT2D eigenvalue weighted by Crippen LogP contribution is -2.65. The highest BCUT2D eigenvalue weighted by atomic mass is 16.5. The number of hydrogen-bond acceptors (Lipinski definition) is 6. The summed E-state index contributed by atoms with van der Waals surface area (Å²) in [6.45, 7) is 4.05. The van der Waals surface area contributed by atoms with E-state index in [0.717, 1.165) is 5.56 Å². The second kappa shape index (κ2) is 5.96. The van der Waals surface area contributed by atoms with E-state index in [1.807, 2.05) is 19.1 Å². The van der Waals surface area contributed by atoms with Gasteiger partial charge in [0.15, 0.2) is 5.60 Å². The number of esters is 2. The van der Waals surface area contributed by atoms with Crippen LogP contribution in [-0.2, 0) is 19.1 Å². The van der Waals surface area contributed by atoms with Gasteiger partial charge >= 0.3 is 11.9 Å². The first kappa shape index (κ1) is 18.3. The number of hydrogen-bond donors (Lipinski definition) is 1. The minimum absolute atomic E-state index is 0.0555. The van der Waals surface area contributed by atoms with Crippen molar-refractivity contribution in [3.63, 3.8) is 0 Å². The fraction of sp³-hybridized carbons (Fsp3) is 0.619. The number of aliphatic hydroxyl groups is 1. The Morgan fingerprint density at radius 3 is 2.81 bits per heavy atom. The van der Waals surface area contributed by atoms with E-state index in [2.05, 4.69) is 6.92 Å². The Morgan fingerprint density at radius 1 is 1.37 bits per heavy atom. The number of cyclic esters (lactones) is 1. The van der Waals surface area contributed by atoms with Crippen molar-refractivity contribution in [2.45, 2.75) is 51.2 Å². The molecule has 2 heterocycles. The predicted octanol–water partition coefficient (Wildman–Crippen LogP) is 3.17. The molecule has 6 heteroatoms. The Kier molecular flexibility index (Phi) is 4.04. The van der Waals surface area contributed by atoms with Gasteiger partial charge in [0.1, 0.15) is 6.10 Å². The summed E-state index contributed by atoms with van der Waals surface area (Å²) < 4.78 is 15.8. The van der Waals surface area contributed by atoms with Crippen LogP contribution in [0.2, 0.25) is 0 Å². The minimum atomic E-state index is -1.69. The van der Waals surface area contributed by atoms with E-state index in [1.165, 1.54) is 7.11 Å². The van der Waals surface area contributed by atoms with Gasteiger partial charge in [0, 0.05) is 11.0 Å². The number of rotatable bonds is 2. The molecule has 1 saturated carbocycles. The summed E-state index contributed by atoms with van der Waals surface area (Å²) in [6, 6.07) is 1.81. The molecule has 0 bridgehead atoms. The summed E-state index contributed by atoms with van der Waals surface area (Å²) in [6.07, 6.45) is 8.70. The Hall–Kier alpha value is -2.08. The molecule has 0 spiro atoms. The molecule has 27 heavy (non-hydrogen) atoms. The van der Waals surface area contributed by atoms with Crippen molar-refractivity contribution in [1.29, 1.82) is 0 Å². The maximum Gasteiger partial charge on any atom is 0.342 e. The average molecular weight is 374 g/mol. The van der Waals surface area contributed by atoms with Crippen LogP contribution in [0.4, 0.5) is 0 Å². The van der Waals surface area contributed by atoms with Gasteiger partial charge in [0.05, 0.1) is 25.6 Å². The first-order valence-corrected chi connectivity index (χ1v) is 9.47. The molecular formula is C21H26O6. The zero-order valence-electron chi connectivity index (χ0n) is 15.9. The van der Waals surface area contributed by atoms with Gasteiger partial charge in [-0.15, -0.1) is 0 Å². The standard InChI is InChI=1S/C21H26O6/c1-19-11-15(13-7-10-26-12-13)27-17(22)14(19)6-9-20(2)16(19)5-4-8-21(20,24)18(23)25-3/h4,7-8,10,12,14-16,24H,5-6,9,11H2,1-3H3/t14-,15+,16+,19-,20-,21+/m1/s1. The molecule has 6 nitrogen and oxygen atoms in total. The van der Waals surface area contributed by atoms with Crippen LogP contribution in [0.15, 0.2) is 35.2 Å². The summed E-state index contributed by atoms with van der Waals surface area (Å²) >= 11 is 0. The quantitative estimate of drug-likeness (QED) is 0.632. The van der Waals surface area contributed by atoms with Gasteiger partial charge in [-0.2, -0.15) is 0 Å². The molecule has 146 valence electrons. The lowest BCUT2D eigenvalue weighted by atomic mass is 9.43. The molecule has 0 unspecified atom stereocenters. The molecular weight excluding hydrogens is 348 g/mol. The van der Waals surface area contributed by atoms with Crippen molar-refractivity contribution in [3.8, 4) is 0 Å². The maximum atomic E-state index is 12.8. The number of carbonyl (C=O) groups is 2. The smallest absolute Gasteiger partial charge is 0.342 e. The third-order valence-corrected chi connectivity index (χ3v) is 7.49. The molecule has 6 atom stereocenters. The molecule has 0 amide bonds. The molecule has 3 aliphatic rings. The van der Waals surface area contributed by atoms with Gasteiger partial charge in [-0.05, 0) is 49.2 Å². The van der Waals surface area contributed by atoms with E-state index in [1.54, 1.807) is 18.6 Å². The summed E-state index contributed by atoms with van der Waals surface area (Å²) in [5.74, 6) is -1.14. The molecule has 1 aromatic heterocycles. The number of methoxy groups -OCH3 is 1. The predicted molar refractivity (Wildman–Crippen MR) is 95.3 cm³/mol. The van der Waals surface area contributed by atoms with Crippen LogP contribution in [0.3, 0.4) is 0 Å². The van der Waals surface area contributed by atoms with Crippen LogP contribution in [0.1, 0.15) is 51.2 Å². The number of carbonyl (C=O) groups excluding carboxylic acids is 2. The van der Waals surface area contributed by atoms with E-state index in [9.17, 15) is 14.7 Å². The van der Waals surface area contributed by atoms with Crippen LogP contribution in [0.25, 0.3) is 0 Å². The van der Waals surface area contributed by atoms with Gasteiger partial charge in [0.2, 0.25) is 0 Å². The summed E-state index contributed by atoms with van der Waals surface area (Å²) in [4.78, 5) is 25.3. The Morgan fingerprint density at radius 2 is 2.15 bits per heavy atom. The number of allylic oxidation sites excluding steroid dienone is 1. The van der Waals surface area contributed by atoms with Crippen LogP contribution >= 0.6 is 0 Å². The van der Waals surface area contributed by atoms with Crippen molar-refractivity contribution in [3.05, 3.63) is 36.3 Å². The third-order valence-electron chi connectivity index (χ3n) is 7.49. The van der Waals surface area contributed by atoms with Gasteiger partial charge in [-0.25, -0.2) is 4.79 Å². The zero-order valence-corrected chi connectivity index (χ0v) is 15.9. The molecule has 1 N–H and O–H groups in total. The summed E-state index contributed by atoms with van der Waals surface area (Å²) in [5.41, 5.74) is -1.97. The normalized spacial score (nSPS) is 43.4. The monoisotopic (exact) mass is 374 g/mol. The summed E-state index contributed by atoms with van der Waals surface area (Å²) in [5, 5.41) is 11.3. The molecule has 2 aliphatic carbocycles. The third kappa shape index (κ3) is 2.35. The Labute approximate surface area is 158 Å². The Balaban J connectivity index is 1.76. The number of furan rings is 1. The number of ether oxygens (including phenoxy) is 2. The van der Waals surface area contributed by atoms with E-state index >= 15 is 0 Å². The minimum Gasteiger partial charge on any atom is -0.472 e. The molecule has 1 saturated heterocycles. The van der Waals surface area contributed by atoms with Crippen molar-refractivity contribution < 1.29 is 28.6 Å². The molecule has 0 radical (unpaired) electrons. The Bertz CT molecular complexity index is 783. The fourth-order valence-electron chi connectivity index (χ4n) is 5.91. The van der Waals surface area contributed by atoms with Crippen molar-refractivity contribution in [1.82, 2.24) is 0 Å². The van der Waals surface area contributed by atoms with Gasteiger partial charge < -0.3 is 19.0 Å².